The highest BCUT2D eigenvalue weighted by Gasteiger charge is 2.24. The standard InChI is InChI=1S/C26H25N3O2S/c1-31-22-11-12-23-24(18-22)32-26(27-23)29-15-13-28(14-16-29)25(30)21-9-7-20(8-10-21)17-19-5-3-2-4-6-19/h2-12,18H,13-17H2,1H3. The number of hydrogen-bond acceptors (Lipinski definition) is 5. The van der Waals surface area contributed by atoms with E-state index in [9.17, 15) is 4.79 Å². The molecule has 0 radical (unpaired) electrons. The normalized spacial score (nSPS) is 14.0. The van der Waals surface area contributed by atoms with Gasteiger partial charge in [-0.15, -0.1) is 0 Å². The van der Waals surface area contributed by atoms with Crippen LogP contribution in [0.1, 0.15) is 21.5 Å². The SMILES string of the molecule is COc1ccc2nc(N3CCN(C(=O)c4ccc(Cc5ccccc5)cc4)CC3)sc2c1. The predicted molar refractivity (Wildman–Crippen MR) is 130 cm³/mol. The summed E-state index contributed by atoms with van der Waals surface area (Å²) >= 11 is 1.67. The first-order chi connectivity index (χ1) is 15.7. The molecule has 0 N–H and O–H groups in total. The Balaban J connectivity index is 1.21. The topological polar surface area (TPSA) is 45.7 Å². The van der Waals surface area contributed by atoms with Crippen molar-refractivity contribution in [1.29, 1.82) is 0 Å². The number of benzene rings is 3. The third-order valence-corrected chi connectivity index (χ3v) is 6.95. The number of thiazole rings is 1. The summed E-state index contributed by atoms with van der Waals surface area (Å²) in [6, 6.07) is 24.4. The molecule has 0 bridgehead atoms. The van der Waals surface area contributed by atoms with Gasteiger partial charge in [-0.05, 0) is 47.9 Å². The Morgan fingerprint density at radius 3 is 2.38 bits per heavy atom. The third-order valence-electron chi connectivity index (χ3n) is 5.87. The second-order valence-corrected chi connectivity index (χ2v) is 8.98. The van der Waals surface area contributed by atoms with Crippen molar-refractivity contribution in [2.75, 3.05) is 38.2 Å². The van der Waals surface area contributed by atoms with E-state index in [-0.39, 0.29) is 5.91 Å². The number of amides is 1. The number of rotatable bonds is 5. The van der Waals surface area contributed by atoms with Crippen LogP contribution < -0.4 is 9.64 Å². The third kappa shape index (κ3) is 4.32. The quantitative estimate of drug-likeness (QED) is 0.442. The average molecular weight is 444 g/mol. The lowest BCUT2D eigenvalue weighted by Gasteiger charge is -2.34. The van der Waals surface area contributed by atoms with E-state index in [0.717, 1.165) is 46.2 Å². The second-order valence-electron chi connectivity index (χ2n) is 7.97. The van der Waals surface area contributed by atoms with E-state index in [0.29, 0.717) is 13.1 Å². The highest BCUT2D eigenvalue weighted by molar-refractivity contribution is 7.22. The van der Waals surface area contributed by atoms with Crippen LogP contribution in [0.4, 0.5) is 5.13 Å². The van der Waals surface area contributed by atoms with Crippen molar-refractivity contribution in [3.8, 4) is 5.75 Å². The lowest BCUT2D eigenvalue weighted by atomic mass is 10.0. The fourth-order valence-corrected chi connectivity index (χ4v) is 5.08. The minimum Gasteiger partial charge on any atom is -0.497 e. The van der Waals surface area contributed by atoms with Crippen molar-refractivity contribution in [3.05, 3.63) is 89.5 Å². The molecule has 32 heavy (non-hydrogen) atoms. The predicted octanol–water partition coefficient (Wildman–Crippen LogP) is 4.86. The van der Waals surface area contributed by atoms with Crippen LogP contribution in [-0.2, 0) is 6.42 Å². The maximum absolute atomic E-state index is 13.0. The molecule has 162 valence electrons. The molecule has 1 aliphatic rings. The van der Waals surface area contributed by atoms with E-state index in [1.54, 1.807) is 18.4 Å². The Hall–Kier alpha value is -3.38. The van der Waals surface area contributed by atoms with Crippen LogP contribution in [0.15, 0.2) is 72.8 Å². The van der Waals surface area contributed by atoms with Gasteiger partial charge < -0.3 is 14.5 Å². The zero-order chi connectivity index (χ0) is 21.9. The van der Waals surface area contributed by atoms with Gasteiger partial charge in [-0.2, -0.15) is 0 Å². The Morgan fingerprint density at radius 1 is 0.938 bits per heavy atom. The summed E-state index contributed by atoms with van der Waals surface area (Å²) in [7, 11) is 1.68. The first kappa shape index (κ1) is 20.5. The van der Waals surface area contributed by atoms with Crippen LogP contribution in [0.5, 0.6) is 5.75 Å². The maximum Gasteiger partial charge on any atom is 0.253 e. The molecule has 1 aliphatic heterocycles. The molecule has 1 amide bonds. The molecule has 1 aromatic heterocycles. The number of carbonyl (C=O) groups excluding carboxylic acids is 1. The molecular weight excluding hydrogens is 418 g/mol. The fraction of sp³-hybridized carbons (Fsp3) is 0.231. The van der Waals surface area contributed by atoms with Crippen molar-refractivity contribution < 1.29 is 9.53 Å². The van der Waals surface area contributed by atoms with E-state index >= 15 is 0 Å². The first-order valence-electron chi connectivity index (χ1n) is 10.8. The van der Waals surface area contributed by atoms with Gasteiger partial charge >= 0.3 is 0 Å². The van der Waals surface area contributed by atoms with Gasteiger partial charge in [0.2, 0.25) is 0 Å². The summed E-state index contributed by atoms with van der Waals surface area (Å²) in [5, 5.41) is 1.01. The Labute approximate surface area is 191 Å². The Morgan fingerprint density at radius 2 is 1.66 bits per heavy atom. The van der Waals surface area contributed by atoms with Crippen molar-refractivity contribution in [1.82, 2.24) is 9.88 Å². The summed E-state index contributed by atoms with van der Waals surface area (Å²) in [5.41, 5.74) is 4.23. The zero-order valence-electron chi connectivity index (χ0n) is 18.0. The minimum absolute atomic E-state index is 0.102. The van der Waals surface area contributed by atoms with Crippen LogP contribution in [-0.4, -0.2) is 49.1 Å². The van der Waals surface area contributed by atoms with Crippen molar-refractivity contribution in [3.63, 3.8) is 0 Å². The zero-order valence-corrected chi connectivity index (χ0v) is 18.8. The molecule has 3 aromatic carbocycles. The van der Waals surface area contributed by atoms with Crippen molar-refractivity contribution in [2.45, 2.75) is 6.42 Å². The van der Waals surface area contributed by atoms with Gasteiger partial charge in [0.25, 0.3) is 5.91 Å². The van der Waals surface area contributed by atoms with Crippen LogP contribution >= 0.6 is 11.3 Å². The molecule has 5 rings (SSSR count). The summed E-state index contributed by atoms with van der Waals surface area (Å²) in [6.07, 6.45) is 0.877. The molecule has 0 unspecified atom stereocenters. The van der Waals surface area contributed by atoms with Crippen molar-refractivity contribution >= 4 is 32.6 Å². The number of carbonyl (C=O) groups is 1. The molecule has 1 fully saturated rings. The second kappa shape index (κ2) is 9.01. The Kier molecular flexibility index (Phi) is 5.77. The summed E-state index contributed by atoms with van der Waals surface area (Å²) in [6.45, 7) is 2.97. The van der Waals surface area contributed by atoms with Gasteiger partial charge in [0.15, 0.2) is 5.13 Å². The Bertz CT molecular complexity index is 1210. The molecule has 2 heterocycles. The number of methoxy groups -OCH3 is 1. The monoisotopic (exact) mass is 443 g/mol. The number of nitrogens with zero attached hydrogens (tertiary/aromatic N) is 3. The summed E-state index contributed by atoms with van der Waals surface area (Å²) in [4.78, 5) is 22.0. The molecule has 0 atom stereocenters. The van der Waals surface area contributed by atoms with Gasteiger partial charge in [-0.3, -0.25) is 4.79 Å². The molecule has 1 saturated heterocycles. The van der Waals surface area contributed by atoms with E-state index in [2.05, 4.69) is 41.3 Å². The average Bonchev–Trinajstić information content (AvgIpc) is 3.28. The molecular formula is C26H25N3O2S. The van der Waals surface area contributed by atoms with Crippen LogP contribution in [0.3, 0.4) is 0 Å². The number of fused-ring (bicyclic) bond motifs is 1. The maximum atomic E-state index is 13.0. The largest absolute Gasteiger partial charge is 0.497 e. The first-order valence-corrected chi connectivity index (χ1v) is 11.6. The number of aromatic nitrogens is 1. The lowest BCUT2D eigenvalue weighted by molar-refractivity contribution is 0.0747. The fourth-order valence-electron chi connectivity index (χ4n) is 4.04. The summed E-state index contributed by atoms with van der Waals surface area (Å²) < 4.78 is 6.44. The van der Waals surface area contributed by atoms with E-state index in [1.807, 2.05) is 41.3 Å². The molecule has 0 aliphatic carbocycles. The number of ether oxygens (including phenoxy) is 1. The van der Waals surface area contributed by atoms with Crippen molar-refractivity contribution in [2.24, 2.45) is 0 Å². The number of hydrogen-bond donors (Lipinski definition) is 0. The van der Waals surface area contributed by atoms with Crippen LogP contribution in [0, 0.1) is 0 Å². The van der Waals surface area contributed by atoms with Gasteiger partial charge in [-0.25, -0.2) is 4.98 Å². The smallest absolute Gasteiger partial charge is 0.253 e. The van der Waals surface area contributed by atoms with Gasteiger partial charge in [0.05, 0.1) is 17.3 Å². The molecule has 6 heteroatoms. The van der Waals surface area contributed by atoms with Gasteiger partial charge in [0, 0.05) is 31.7 Å². The van der Waals surface area contributed by atoms with Gasteiger partial charge in [0.1, 0.15) is 5.75 Å². The molecule has 5 nitrogen and oxygen atoms in total. The number of piperazine rings is 1. The van der Waals surface area contributed by atoms with Crippen LogP contribution in [0.2, 0.25) is 0 Å². The number of anilines is 1. The molecule has 0 spiro atoms. The molecule has 4 aromatic rings. The lowest BCUT2D eigenvalue weighted by Crippen LogP contribution is -2.48. The van der Waals surface area contributed by atoms with Crippen LogP contribution in [0.25, 0.3) is 10.2 Å². The summed E-state index contributed by atoms with van der Waals surface area (Å²) in [5.74, 6) is 0.947. The van der Waals surface area contributed by atoms with E-state index < -0.39 is 0 Å². The highest BCUT2D eigenvalue weighted by atomic mass is 32.1. The van der Waals surface area contributed by atoms with E-state index in [4.69, 9.17) is 9.72 Å². The van der Waals surface area contributed by atoms with Gasteiger partial charge in [-0.1, -0.05) is 53.8 Å². The highest BCUT2D eigenvalue weighted by Crippen LogP contribution is 2.32. The minimum atomic E-state index is 0.102. The molecule has 0 saturated carbocycles. The van der Waals surface area contributed by atoms with E-state index in [1.165, 1.54) is 11.1 Å².